The number of halogens is 2. The first kappa shape index (κ1) is 34.3. The third-order valence-corrected chi connectivity index (χ3v) is 8.13. The molecule has 1 amide bonds. The number of thiazole rings is 1. The van der Waals surface area contributed by atoms with E-state index in [1.165, 1.54) is 75.5 Å². The number of para-hydroxylation sites is 1. The van der Waals surface area contributed by atoms with Gasteiger partial charge >= 0.3 is 0 Å². The molecule has 0 aliphatic carbocycles. The van der Waals surface area contributed by atoms with Gasteiger partial charge in [0.25, 0.3) is 0 Å². The molecule has 1 aromatic heterocycles. The Kier molecular flexibility index (Phi) is 17.2. The standard InChI is InChI=1S/C33H45ClN2O2S.BrH/c1-3-4-5-6-7-8-9-10-11-12-13-16-21-38-32-20-19-28(22-30(32)34)23-33(37)35-31-18-15-14-17-29(31)25-36-24-27(2)39-26-36;/h14-15,17-20,22,24,26H,3-13,16,21,23,25H2,1-2H3;1H. The highest BCUT2D eigenvalue weighted by molar-refractivity contribution is 7.09. The molecule has 0 saturated carbocycles. The van der Waals surface area contributed by atoms with Crippen LogP contribution in [0.4, 0.5) is 5.69 Å². The Bertz CT molecular complexity index is 1140. The lowest BCUT2D eigenvalue weighted by atomic mass is 10.1. The number of aryl methyl sites for hydroxylation is 1. The minimum Gasteiger partial charge on any atom is -1.00 e. The van der Waals surface area contributed by atoms with E-state index in [1.54, 1.807) is 11.3 Å². The zero-order valence-electron chi connectivity index (χ0n) is 24.2. The largest absolute Gasteiger partial charge is 1.00 e. The van der Waals surface area contributed by atoms with Crippen molar-refractivity contribution in [1.29, 1.82) is 0 Å². The van der Waals surface area contributed by atoms with Gasteiger partial charge in [-0.3, -0.25) is 4.79 Å². The number of carbonyl (C=O) groups excluding carboxylic acids is 1. The molecule has 1 heterocycles. The van der Waals surface area contributed by atoms with Crippen LogP contribution >= 0.6 is 22.9 Å². The van der Waals surface area contributed by atoms with Crippen molar-refractivity contribution in [2.24, 2.45) is 0 Å². The fourth-order valence-electron chi connectivity index (χ4n) is 4.78. The van der Waals surface area contributed by atoms with Crippen molar-refractivity contribution in [3.8, 4) is 5.75 Å². The number of rotatable bonds is 19. The average Bonchev–Trinajstić information content (AvgIpc) is 3.33. The van der Waals surface area contributed by atoms with E-state index >= 15 is 0 Å². The van der Waals surface area contributed by atoms with Gasteiger partial charge in [0.2, 0.25) is 11.4 Å². The Balaban J connectivity index is 0.00000560. The van der Waals surface area contributed by atoms with Gasteiger partial charge in [0.1, 0.15) is 5.75 Å². The number of hydrogen-bond acceptors (Lipinski definition) is 3. The summed E-state index contributed by atoms with van der Waals surface area (Å²) in [6, 6.07) is 13.6. The van der Waals surface area contributed by atoms with Crippen molar-refractivity contribution < 1.29 is 31.1 Å². The Hall–Kier alpha value is -1.89. The second-order valence-electron chi connectivity index (χ2n) is 10.5. The lowest BCUT2D eigenvalue weighted by molar-refractivity contribution is -0.683. The van der Waals surface area contributed by atoms with Crippen LogP contribution in [0.25, 0.3) is 0 Å². The van der Waals surface area contributed by atoms with E-state index in [4.69, 9.17) is 16.3 Å². The first-order valence-electron chi connectivity index (χ1n) is 14.8. The van der Waals surface area contributed by atoms with E-state index in [1.807, 2.05) is 36.4 Å². The molecular weight excluding hydrogens is 604 g/mol. The van der Waals surface area contributed by atoms with E-state index < -0.39 is 0 Å². The molecule has 1 N–H and O–H groups in total. The fourth-order valence-corrected chi connectivity index (χ4v) is 5.67. The van der Waals surface area contributed by atoms with Gasteiger partial charge in [-0.25, -0.2) is 0 Å². The maximum absolute atomic E-state index is 12.8. The van der Waals surface area contributed by atoms with Gasteiger partial charge in [-0.2, -0.15) is 4.57 Å². The van der Waals surface area contributed by atoms with Gasteiger partial charge in [0.15, 0.2) is 12.7 Å². The lowest BCUT2D eigenvalue weighted by Crippen LogP contribution is -3.00. The Labute approximate surface area is 261 Å². The molecule has 0 aliphatic rings. The number of hydrogen-bond donors (Lipinski definition) is 1. The number of ether oxygens (including phenoxy) is 1. The van der Waals surface area contributed by atoms with E-state index in [2.05, 4.69) is 41.5 Å². The van der Waals surface area contributed by atoms with E-state index in [9.17, 15) is 4.79 Å². The predicted octanol–water partition coefficient (Wildman–Crippen LogP) is 6.31. The van der Waals surface area contributed by atoms with Gasteiger partial charge in [0, 0.05) is 5.56 Å². The summed E-state index contributed by atoms with van der Waals surface area (Å²) in [4.78, 5) is 14.1. The molecule has 0 saturated heterocycles. The number of aromatic nitrogens is 1. The molecule has 0 radical (unpaired) electrons. The van der Waals surface area contributed by atoms with Gasteiger partial charge in [-0.1, -0.05) is 125 Å². The second-order valence-corrected chi connectivity index (χ2v) is 12.0. The van der Waals surface area contributed by atoms with Crippen molar-refractivity contribution in [3.05, 3.63) is 75.2 Å². The van der Waals surface area contributed by atoms with Gasteiger partial charge in [-0.15, -0.1) is 0 Å². The zero-order chi connectivity index (χ0) is 27.7. The van der Waals surface area contributed by atoms with Crippen molar-refractivity contribution >= 4 is 34.5 Å². The highest BCUT2D eigenvalue weighted by Gasteiger charge is 2.13. The summed E-state index contributed by atoms with van der Waals surface area (Å²) in [5.41, 5.74) is 4.88. The van der Waals surface area contributed by atoms with Crippen LogP contribution in [0, 0.1) is 6.92 Å². The van der Waals surface area contributed by atoms with Gasteiger partial charge in [0.05, 0.1) is 28.6 Å². The molecular formula is C33H46BrClN2O2S. The number of anilines is 1. The van der Waals surface area contributed by atoms with Crippen molar-refractivity contribution in [2.75, 3.05) is 11.9 Å². The number of amides is 1. The third-order valence-electron chi connectivity index (χ3n) is 6.98. The summed E-state index contributed by atoms with van der Waals surface area (Å²) in [5.74, 6) is 0.632. The van der Waals surface area contributed by atoms with Crippen molar-refractivity contribution in [3.63, 3.8) is 0 Å². The first-order valence-corrected chi connectivity index (χ1v) is 16.0. The maximum atomic E-state index is 12.8. The summed E-state index contributed by atoms with van der Waals surface area (Å²) in [6.45, 7) is 5.76. The van der Waals surface area contributed by atoms with Crippen LogP contribution in [0.3, 0.4) is 0 Å². The molecule has 220 valence electrons. The molecule has 0 bridgehead atoms. The van der Waals surface area contributed by atoms with E-state index in [0.717, 1.165) is 29.8 Å². The molecule has 3 aromatic rings. The molecule has 0 spiro atoms. The summed E-state index contributed by atoms with van der Waals surface area (Å²) in [5, 5.41) is 3.64. The molecule has 0 atom stereocenters. The summed E-state index contributed by atoms with van der Waals surface area (Å²) in [7, 11) is 0. The SMILES string of the molecule is CCCCCCCCCCCCCCOc1ccc(CC(=O)Nc2ccccc2C[n+]2csc(C)c2)cc1Cl.[Br-]. The second kappa shape index (κ2) is 20.1. The Morgan fingerprint density at radius 2 is 1.57 bits per heavy atom. The van der Waals surface area contributed by atoms with Gasteiger partial charge < -0.3 is 27.0 Å². The summed E-state index contributed by atoms with van der Waals surface area (Å²) in [6.07, 6.45) is 18.3. The first-order chi connectivity index (χ1) is 19.0. The highest BCUT2D eigenvalue weighted by atomic mass is 79.9. The number of benzene rings is 2. The normalized spacial score (nSPS) is 10.8. The summed E-state index contributed by atoms with van der Waals surface area (Å²) < 4.78 is 8.06. The van der Waals surface area contributed by atoms with Crippen LogP contribution < -0.4 is 31.6 Å². The fraction of sp³-hybridized carbons (Fsp3) is 0.515. The van der Waals surface area contributed by atoms with Crippen LogP contribution in [0.5, 0.6) is 5.75 Å². The summed E-state index contributed by atoms with van der Waals surface area (Å²) >= 11 is 8.20. The highest BCUT2D eigenvalue weighted by Crippen LogP contribution is 2.26. The van der Waals surface area contributed by atoms with Crippen LogP contribution in [0.1, 0.15) is 100.0 Å². The topological polar surface area (TPSA) is 42.2 Å². The minimum absolute atomic E-state index is 0. The molecule has 3 rings (SSSR count). The molecule has 40 heavy (non-hydrogen) atoms. The average molecular weight is 650 g/mol. The minimum atomic E-state index is -0.0600. The van der Waals surface area contributed by atoms with Crippen LogP contribution in [-0.4, -0.2) is 12.5 Å². The number of nitrogens with one attached hydrogen (secondary N) is 1. The molecule has 0 unspecified atom stereocenters. The monoisotopic (exact) mass is 648 g/mol. The number of nitrogens with zero attached hydrogens (tertiary/aromatic N) is 1. The van der Waals surface area contributed by atoms with Crippen LogP contribution in [0.2, 0.25) is 5.02 Å². The predicted molar refractivity (Wildman–Crippen MR) is 165 cm³/mol. The Morgan fingerprint density at radius 3 is 2.20 bits per heavy atom. The van der Waals surface area contributed by atoms with Gasteiger partial charge in [-0.05, 0) is 37.1 Å². The smallest absolute Gasteiger partial charge is 0.228 e. The van der Waals surface area contributed by atoms with Crippen molar-refractivity contribution in [2.45, 2.75) is 104 Å². The molecule has 7 heteroatoms. The van der Waals surface area contributed by atoms with E-state index in [0.29, 0.717) is 17.4 Å². The van der Waals surface area contributed by atoms with Crippen LogP contribution in [0.15, 0.2) is 54.2 Å². The maximum Gasteiger partial charge on any atom is 0.228 e. The van der Waals surface area contributed by atoms with Crippen molar-refractivity contribution in [1.82, 2.24) is 0 Å². The lowest BCUT2D eigenvalue weighted by Gasteiger charge is -2.11. The molecule has 4 nitrogen and oxygen atoms in total. The zero-order valence-corrected chi connectivity index (χ0v) is 27.4. The Morgan fingerprint density at radius 1 is 0.925 bits per heavy atom. The van der Waals surface area contributed by atoms with Crippen LogP contribution in [-0.2, 0) is 17.8 Å². The molecule has 0 aliphatic heterocycles. The number of unbranched alkanes of at least 4 members (excludes halogenated alkanes) is 11. The molecule has 0 fully saturated rings. The third kappa shape index (κ3) is 13.2. The molecule has 2 aromatic carbocycles. The van der Waals surface area contributed by atoms with E-state index in [-0.39, 0.29) is 29.3 Å². The quantitative estimate of drug-likeness (QED) is 0.122. The number of carbonyl (C=O) groups is 1.